The first-order valence-corrected chi connectivity index (χ1v) is 5.42. The maximum absolute atomic E-state index is 8.66. The van der Waals surface area contributed by atoms with Crippen LogP contribution in [0.3, 0.4) is 0 Å². The van der Waals surface area contributed by atoms with E-state index in [1.54, 1.807) is 0 Å². The molecule has 0 heterocycles. The quantitative estimate of drug-likeness (QED) is 0.285. The van der Waals surface area contributed by atoms with Crippen LogP contribution in [-0.2, 0) is 0 Å². The van der Waals surface area contributed by atoms with Gasteiger partial charge in [0.1, 0.15) is 0 Å². The van der Waals surface area contributed by atoms with E-state index in [4.69, 9.17) is 10.9 Å². The molecular weight excluding hydrogens is 178 g/mol. The summed E-state index contributed by atoms with van der Waals surface area (Å²) in [6, 6.07) is 0.0832. The Hall–Kier alpha value is -0.770. The lowest BCUT2D eigenvalue weighted by atomic mass is 10.1. The SMILES string of the molecule is CCCN(CCC)C(CC)C(N)=NO. The lowest BCUT2D eigenvalue weighted by Crippen LogP contribution is -2.45. The van der Waals surface area contributed by atoms with Crippen LogP contribution in [0.15, 0.2) is 5.16 Å². The van der Waals surface area contributed by atoms with Crippen molar-refractivity contribution in [3.8, 4) is 0 Å². The van der Waals surface area contributed by atoms with Crippen molar-refractivity contribution in [2.45, 2.75) is 46.1 Å². The maximum Gasteiger partial charge on any atom is 0.156 e. The number of nitrogens with two attached hydrogens (primary N) is 1. The van der Waals surface area contributed by atoms with Crippen LogP contribution in [-0.4, -0.2) is 35.1 Å². The number of hydrogen-bond donors (Lipinski definition) is 2. The standard InChI is InChI=1S/C10H23N3O/c1-4-7-13(8-5-2)9(6-3)10(11)12-14/h9,14H,4-8H2,1-3H3,(H2,11,12). The Kier molecular flexibility index (Phi) is 7.20. The Bertz CT molecular complexity index is 165. The van der Waals surface area contributed by atoms with Crippen LogP contribution >= 0.6 is 0 Å². The van der Waals surface area contributed by atoms with E-state index >= 15 is 0 Å². The van der Waals surface area contributed by atoms with Crippen LogP contribution in [0.25, 0.3) is 0 Å². The highest BCUT2D eigenvalue weighted by Crippen LogP contribution is 2.06. The Morgan fingerprint density at radius 1 is 1.29 bits per heavy atom. The average Bonchev–Trinajstić information content (AvgIpc) is 2.19. The average molecular weight is 201 g/mol. The van der Waals surface area contributed by atoms with E-state index in [-0.39, 0.29) is 6.04 Å². The topological polar surface area (TPSA) is 61.8 Å². The van der Waals surface area contributed by atoms with Crippen LogP contribution in [0.5, 0.6) is 0 Å². The largest absolute Gasteiger partial charge is 0.409 e. The summed E-state index contributed by atoms with van der Waals surface area (Å²) in [5.74, 6) is 0.328. The summed E-state index contributed by atoms with van der Waals surface area (Å²) in [7, 11) is 0. The minimum atomic E-state index is 0.0832. The van der Waals surface area contributed by atoms with Gasteiger partial charge in [0, 0.05) is 0 Å². The van der Waals surface area contributed by atoms with E-state index in [1.165, 1.54) is 0 Å². The molecule has 0 aromatic rings. The fourth-order valence-electron chi connectivity index (χ4n) is 1.72. The highest BCUT2D eigenvalue weighted by Gasteiger charge is 2.19. The number of oxime groups is 1. The summed E-state index contributed by atoms with van der Waals surface area (Å²) >= 11 is 0. The summed E-state index contributed by atoms with van der Waals surface area (Å²) in [5.41, 5.74) is 5.65. The van der Waals surface area contributed by atoms with E-state index in [9.17, 15) is 0 Å². The van der Waals surface area contributed by atoms with Crippen molar-refractivity contribution in [2.24, 2.45) is 10.9 Å². The number of amidine groups is 1. The van der Waals surface area contributed by atoms with E-state index in [0.29, 0.717) is 5.84 Å². The number of rotatable bonds is 7. The Balaban J connectivity index is 4.40. The molecule has 0 aromatic carbocycles. The molecule has 4 heteroatoms. The summed E-state index contributed by atoms with van der Waals surface area (Å²) < 4.78 is 0. The lowest BCUT2D eigenvalue weighted by Gasteiger charge is -2.29. The molecule has 1 atom stereocenters. The van der Waals surface area contributed by atoms with Gasteiger partial charge in [-0.3, -0.25) is 4.90 Å². The van der Waals surface area contributed by atoms with Crippen molar-refractivity contribution in [2.75, 3.05) is 13.1 Å². The molecule has 14 heavy (non-hydrogen) atoms. The molecule has 0 aliphatic rings. The van der Waals surface area contributed by atoms with Crippen molar-refractivity contribution in [3.63, 3.8) is 0 Å². The molecule has 3 N–H and O–H groups in total. The molecule has 84 valence electrons. The molecule has 0 aliphatic heterocycles. The molecule has 0 amide bonds. The van der Waals surface area contributed by atoms with E-state index in [0.717, 1.165) is 32.4 Å². The van der Waals surface area contributed by atoms with Crippen molar-refractivity contribution < 1.29 is 5.21 Å². The molecule has 0 radical (unpaired) electrons. The van der Waals surface area contributed by atoms with Gasteiger partial charge in [0.15, 0.2) is 5.84 Å². The smallest absolute Gasteiger partial charge is 0.156 e. The first kappa shape index (κ1) is 13.2. The molecule has 0 rings (SSSR count). The van der Waals surface area contributed by atoms with Gasteiger partial charge in [-0.15, -0.1) is 0 Å². The van der Waals surface area contributed by atoms with Gasteiger partial charge in [-0.05, 0) is 32.4 Å². The summed E-state index contributed by atoms with van der Waals surface area (Å²) in [6.45, 7) is 8.34. The zero-order valence-electron chi connectivity index (χ0n) is 9.53. The molecule has 0 spiro atoms. The van der Waals surface area contributed by atoms with Crippen molar-refractivity contribution >= 4 is 5.84 Å². The van der Waals surface area contributed by atoms with Crippen LogP contribution in [0.4, 0.5) is 0 Å². The van der Waals surface area contributed by atoms with Crippen molar-refractivity contribution in [3.05, 3.63) is 0 Å². The van der Waals surface area contributed by atoms with E-state index in [1.807, 2.05) is 0 Å². The predicted molar refractivity (Wildman–Crippen MR) is 59.6 cm³/mol. The normalized spacial score (nSPS) is 14.7. The fraction of sp³-hybridized carbons (Fsp3) is 0.900. The molecule has 0 saturated carbocycles. The van der Waals surface area contributed by atoms with Gasteiger partial charge in [-0.25, -0.2) is 0 Å². The van der Waals surface area contributed by atoms with Gasteiger partial charge >= 0.3 is 0 Å². The molecule has 0 fully saturated rings. The third-order valence-corrected chi connectivity index (χ3v) is 2.31. The second kappa shape index (κ2) is 7.62. The van der Waals surface area contributed by atoms with Crippen LogP contribution in [0.2, 0.25) is 0 Å². The van der Waals surface area contributed by atoms with E-state index in [2.05, 4.69) is 30.8 Å². The second-order valence-electron chi connectivity index (χ2n) is 3.48. The first-order valence-electron chi connectivity index (χ1n) is 5.42. The minimum Gasteiger partial charge on any atom is -0.409 e. The van der Waals surface area contributed by atoms with Crippen molar-refractivity contribution in [1.29, 1.82) is 0 Å². The van der Waals surface area contributed by atoms with Crippen LogP contribution in [0, 0.1) is 0 Å². The first-order chi connectivity index (χ1) is 6.71. The minimum absolute atomic E-state index is 0.0832. The predicted octanol–water partition coefficient (Wildman–Crippen LogP) is 1.63. The number of nitrogens with zero attached hydrogens (tertiary/aromatic N) is 2. The Morgan fingerprint density at radius 2 is 1.79 bits per heavy atom. The molecule has 0 saturated heterocycles. The summed E-state index contributed by atoms with van der Waals surface area (Å²) in [5, 5.41) is 11.8. The molecular formula is C10H23N3O. The highest BCUT2D eigenvalue weighted by molar-refractivity contribution is 5.85. The summed E-state index contributed by atoms with van der Waals surface area (Å²) in [4.78, 5) is 2.27. The summed E-state index contributed by atoms with van der Waals surface area (Å²) in [6.07, 6.45) is 3.07. The Morgan fingerprint density at radius 3 is 2.07 bits per heavy atom. The van der Waals surface area contributed by atoms with Crippen LogP contribution in [0.1, 0.15) is 40.0 Å². The van der Waals surface area contributed by atoms with Crippen molar-refractivity contribution in [1.82, 2.24) is 4.90 Å². The van der Waals surface area contributed by atoms with Gasteiger partial charge in [0.05, 0.1) is 6.04 Å². The lowest BCUT2D eigenvalue weighted by molar-refractivity contribution is 0.228. The van der Waals surface area contributed by atoms with Gasteiger partial charge in [-0.2, -0.15) is 0 Å². The van der Waals surface area contributed by atoms with Crippen LogP contribution < -0.4 is 5.73 Å². The Labute approximate surface area is 86.8 Å². The molecule has 0 aliphatic carbocycles. The molecule has 0 aromatic heterocycles. The zero-order chi connectivity index (χ0) is 11.0. The third kappa shape index (κ3) is 3.96. The van der Waals surface area contributed by atoms with Gasteiger partial charge in [-0.1, -0.05) is 25.9 Å². The maximum atomic E-state index is 8.66. The third-order valence-electron chi connectivity index (χ3n) is 2.31. The monoisotopic (exact) mass is 201 g/mol. The zero-order valence-corrected chi connectivity index (χ0v) is 9.53. The van der Waals surface area contributed by atoms with E-state index < -0.39 is 0 Å². The molecule has 4 nitrogen and oxygen atoms in total. The van der Waals surface area contributed by atoms with Gasteiger partial charge < -0.3 is 10.9 Å². The second-order valence-corrected chi connectivity index (χ2v) is 3.48. The highest BCUT2D eigenvalue weighted by atomic mass is 16.4. The number of hydrogen-bond acceptors (Lipinski definition) is 3. The molecule has 0 bridgehead atoms. The fourth-order valence-corrected chi connectivity index (χ4v) is 1.72. The van der Waals surface area contributed by atoms with Gasteiger partial charge in [0.2, 0.25) is 0 Å². The van der Waals surface area contributed by atoms with Gasteiger partial charge in [0.25, 0.3) is 0 Å². The molecule has 1 unspecified atom stereocenters.